The number of nitrogens with two attached hydrogens (primary N) is 1. The number of anilines is 2. The van der Waals surface area contributed by atoms with Gasteiger partial charge in [-0.05, 0) is 37.6 Å². The van der Waals surface area contributed by atoms with Crippen molar-refractivity contribution in [3.63, 3.8) is 0 Å². The van der Waals surface area contributed by atoms with Crippen molar-refractivity contribution in [2.75, 3.05) is 37.3 Å². The molecular formula is C29H34N8O11S2. The number of hydroxylamine groups is 2. The van der Waals surface area contributed by atoms with Crippen molar-refractivity contribution in [3.05, 3.63) is 53.7 Å². The Morgan fingerprint density at radius 2 is 1.92 bits per heavy atom. The van der Waals surface area contributed by atoms with Crippen LogP contribution in [-0.4, -0.2) is 106 Å². The lowest BCUT2D eigenvalue weighted by molar-refractivity contribution is -0.656. The number of nitrogen functional groups attached to an aromatic ring is 1. The van der Waals surface area contributed by atoms with Crippen LogP contribution in [0.3, 0.4) is 0 Å². The zero-order valence-corrected chi connectivity index (χ0v) is 28.5. The Labute approximate surface area is 289 Å². The van der Waals surface area contributed by atoms with E-state index in [1.807, 2.05) is 29.9 Å². The van der Waals surface area contributed by atoms with Gasteiger partial charge in [0.25, 0.3) is 23.7 Å². The molecule has 0 bridgehead atoms. The minimum atomic E-state index is -5.27. The number of amides is 2. The number of ether oxygens (including phenoxy) is 1. The molecule has 0 saturated carbocycles. The van der Waals surface area contributed by atoms with Crippen molar-refractivity contribution in [2.24, 2.45) is 12.2 Å². The van der Waals surface area contributed by atoms with E-state index in [1.165, 1.54) is 19.2 Å². The topological polar surface area (TPSA) is 271 Å². The summed E-state index contributed by atoms with van der Waals surface area (Å²) < 4.78 is 44.7. The van der Waals surface area contributed by atoms with Gasteiger partial charge in [0.2, 0.25) is 10.4 Å². The maximum atomic E-state index is 13.2. The SMILES string of the molecule is C[n+]1cc(-c2ccc(OC[C@H](O/N=C(\C(=O)NC3C(=O)N(OS(=O)(=O)[O-])C3(C)C)c3csc(N)n3)C(=O)O)cc2)ccc1NCC1(O)CNC1. The summed E-state index contributed by atoms with van der Waals surface area (Å²) in [4.78, 5) is 46.9. The van der Waals surface area contributed by atoms with E-state index in [1.54, 1.807) is 24.3 Å². The lowest BCUT2D eigenvalue weighted by Gasteiger charge is -2.51. The Balaban J connectivity index is 1.22. The largest absolute Gasteiger partial charge is 0.724 e. The maximum Gasteiger partial charge on any atom is 0.351 e. The van der Waals surface area contributed by atoms with Crippen molar-refractivity contribution >= 4 is 56.2 Å². The van der Waals surface area contributed by atoms with E-state index >= 15 is 0 Å². The van der Waals surface area contributed by atoms with Gasteiger partial charge in [-0.2, -0.15) is 9.35 Å². The highest BCUT2D eigenvalue weighted by molar-refractivity contribution is 7.80. The number of aromatic nitrogens is 2. The number of benzene rings is 1. The number of carbonyl (C=O) groups is 3. The number of β-amino-alcohol motifs (C(OH)–C–C–N with tert-alkyl or cyclic N) is 1. The molecule has 2 aliphatic heterocycles. The summed E-state index contributed by atoms with van der Waals surface area (Å²) in [7, 11) is -3.40. The molecule has 1 unspecified atom stereocenters. The Morgan fingerprint density at radius 1 is 1.24 bits per heavy atom. The Hall–Kier alpha value is -4.93. The molecule has 2 amide bonds. The number of aliphatic carboxylic acids is 1. The molecule has 7 N–H and O–H groups in total. The summed E-state index contributed by atoms with van der Waals surface area (Å²) in [6, 6.07) is 9.30. The molecule has 5 rings (SSSR count). The van der Waals surface area contributed by atoms with Crippen LogP contribution in [-0.2, 0) is 41.0 Å². The van der Waals surface area contributed by atoms with Crippen LogP contribution in [0.2, 0.25) is 0 Å². The first-order valence-corrected chi connectivity index (χ1v) is 17.1. The second-order valence-corrected chi connectivity index (χ2v) is 13.9. The molecule has 0 aliphatic carbocycles. The van der Waals surface area contributed by atoms with Crippen molar-refractivity contribution < 1.29 is 56.0 Å². The van der Waals surface area contributed by atoms with E-state index < -0.39 is 63.8 Å². The number of thiazole rings is 1. The first-order chi connectivity index (χ1) is 23.5. The monoisotopic (exact) mass is 734 g/mol. The van der Waals surface area contributed by atoms with Crippen LogP contribution in [0.15, 0.2) is 53.1 Å². The van der Waals surface area contributed by atoms with Crippen LogP contribution in [0.1, 0.15) is 19.5 Å². The summed E-state index contributed by atoms with van der Waals surface area (Å²) in [6.07, 6.45) is 0.217. The first kappa shape index (κ1) is 36.4. The predicted molar refractivity (Wildman–Crippen MR) is 174 cm³/mol. The Morgan fingerprint density at radius 3 is 2.46 bits per heavy atom. The number of nitrogens with zero attached hydrogens (tertiary/aromatic N) is 4. The van der Waals surface area contributed by atoms with Gasteiger partial charge in [-0.25, -0.2) is 22.8 Å². The lowest BCUT2D eigenvalue weighted by atomic mass is 9.84. The van der Waals surface area contributed by atoms with E-state index in [2.05, 4.69) is 30.4 Å². The zero-order chi connectivity index (χ0) is 36.4. The number of nitrogens with one attached hydrogen (secondary N) is 3. The molecule has 0 radical (unpaired) electrons. The number of pyridine rings is 1. The summed E-state index contributed by atoms with van der Waals surface area (Å²) in [5, 5.41) is 34.1. The van der Waals surface area contributed by atoms with Crippen molar-refractivity contribution in [1.29, 1.82) is 0 Å². The minimum Gasteiger partial charge on any atom is -0.724 e. The molecule has 2 aliphatic rings. The van der Waals surface area contributed by atoms with Crippen LogP contribution in [0.5, 0.6) is 5.75 Å². The first-order valence-electron chi connectivity index (χ1n) is 14.8. The number of hydrogen-bond acceptors (Lipinski definition) is 16. The van der Waals surface area contributed by atoms with E-state index in [-0.39, 0.29) is 10.8 Å². The highest BCUT2D eigenvalue weighted by Gasteiger charge is 2.57. The summed E-state index contributed by atoms with van der Waals surface area (Å²) >= 11 is 0.948. The zero-order valence-electron chi connectivity index (χ0n) is 26.9. The summed E-state index contributed by atoms with van der Waals surface area (Å²) in [6.45, 7) is 3.62. The van der Waals surface area contributed by atoms with Gasteiger partial charge in [-0.1, -0.05) is 17.3 Å². The van der Waals surface area contributed by atoms with Crippen LogP contribution in [0, 0.1) is 0 Å². The molecule has 1 aromatic carbocycles. The van der Waals surface area contributed by atoms with Crippen LogP contribution in [0.25, 0.3) is 11.1 Å². The third-order valence-electron chi connectivity index (χ3n) is 7.87. The van der Waals surface area contributed by atoms with Crippen molar-refractivity contribution in [1.82, 2.24) is 20.7 Å². The van der Waals surface area contributed by atoms with Gasteiger partial charge in [0, 0.05) is 30.1 Å². The maximum absolute atomic E-state index is 13.2. The molecule has 3 aromatic rings. The normalized spacial score (nSPS) is 18.7. The number of aliphatic hydroxyl groups is 1. The third-order valence-corrected chi connectivity index (χ3v) is 8.88. The molecular weight excluding hydrogens is 700 g/mol. The molecule has 21 heteroatoms. The second kappa shape index (κ2) is 14.1. The average Bonchev–Trinajstić information content (AvgIpc) is 3.47. The summed E-state index contributed by atoms with van der Waals surface area (Å²) in [5.74, 6) is -2.40. The molecule has 268 valence electrons. The fraction of sp³-hybridized carbons (Fsp3) is 0.379. The van der Waals surface area contributed by atoms with E-state index in [4.69, 9.17) is 15.3 Å². The predicted octanol–water partition coefficient (Wildman–Crippen LogP) is -1.29. The van der Waals surface area contributed by atoms with Gasteiger partial charge in [0.1, 0.15) is 36.2 Å². The van der Waals surface area contributed by atoms with Crippen LogP contribution < -0.4 is 31.0 Å². The van der Waals surface area contributed by atoms with E-state index in [9.17, 15) is 37.6 Å². The molecule has 2 fully saturated rings. The van der Waals surface area contributed by atoms with Gasteiger partial charge in [0.15, 0.2) is 10.8 Å². The quantitative estimate of drug-likeness (QED) is 0.0265. The molecule has 2 atom stereocenters. The Kier molecular flexibility index (Phi) is 10.3. The number of rotatable bonds is 15. The van der Waals surface area contributed by atoms with Crippen molar-refractivity contribution in [3.8, 4) is 16.9 Å². The molecule has 0 spiro atoms. The highest BCUT2D eigenvalue weighted by Crippen LogP contribution is 2.33. The van der Waals surface area contributed by atoms with Crippen LogP contribution in [0.4, 0.5) is 10.9 Å². The number of hydrogen-bond donors (Lipinski definition) is 6. The highest BCUT2D eigenvalue weighted by atomic mass is 32.3. The summed E-state index contributed by atoms with van der Waals surface area (Å²) in [5.41, 5.74) is 4.56. The van der Waals surface area contributed by atoms with Gasteiger partial charge in [-0.15, -0.1) is 11.3 Å². The number of carboxylic acid groups (broad SMARTS) is 1. The molecule has 50 heavy (non-hydrogen) atoms. The number of aryl methyl sites for hydroxylation is 1. The fourth-order valence-electron chi connectivity index (χ4n) is 4.95. The van der Waals surface area contributed by atoms with Crippen molar-refractivity contribution in [2.45, 2.75) is 37.1 Å². The van der Waals surface area contributed by atoms with Gasteiger partial charge >= 0.3 is 5.97 Å². The second-order valence-electron chi connectivity index (χ2n) is 12.0. The molecule has 4 heterocycles. The van der Waals surface area contributed by atoms with Gasteiger partial charge < -0.3 is 40.7 Å². The molecule has 19 nitrogen and oxygen atoms in total. The van der Waals surface area contributed by atoms with E-state index in [0.717, 1.165) is 28.3 Å². The smallest absolute Gasteiger partial charge is 0.351 e. The minimum absolute atomic E-state index is 0.0463. The van der Waals surface area contributed by atoms with E-state index in [0.29, 0.717) is 30.4 Å². The number of carboxylic acids is 1. The Bertz CT molecular complexity index is 1910. The van der Waals surface area contributed by atoms with Gasteiger partial charge in [-0.3, -0.25) is 14.9 Å². The van der Waals surface area contributed by atoms with Crippen LogP contribution >= 0.6 is 11.3 Å². The average molecular weight is 735 g/mol. The molecule has 2 aromatic heterocycles. The fourth-order valence-corrected chi connectivity index (χ4v) is 5.95. The lowest BCUT2D eigenvalue weighted by Crippen LogP contribution is -2.76. The van der Waals surface area contributed by atoms with Gasteiger partial charge in [0.05, 0.1) is 18.8 Å². The standard InChI is InChI=1S/C29H34N8O11S2/c1-28(2)23(25(39)37(28)48-50(43,44)45)34-24(38)22(19-12-49-27(30)33-19)35-47-20(26(40)41)11-46-18-7-4-16(5-8-18)17-6-9-21(36(3)10-17)32-15-29(42)13-31-14-29/h4-10,12,20,23,31,42H,11,13-15H2,1-3H3,(H5,30,33,34,38,40,41,43,44,45)/b35-22-/t20-,23?/m0/s1. The molecule has 2 saturated heterocycles. The number of β-lactam (4-membered cyclic amide) rings is 1. The third kappa shape index (κ3) is 8.26. The number of oxime groups is 1. The number of carbonyl (C=O) groups excluding carboxylic acids is 2.